The van der Waals surface area contributed by atoms with E-state index in [1.54, 1.807) is 0 Å². The molecule has 3 heteroatoms. The van der Waals surface area contributed by atoms with E-state index in [2.05, 4.69) is 11.3 Å². The van der Waals surface area contributed by atoms with Crippen molar-refractivity contribution in [2.45, 2.75) is 43.5 Å². The first kappa shape index (κ1) is 31.3. The molecular formula is C8H29BN2. The third-order valence-electron chi connectivity index (χ3n) is 1.38. The molecular weight excluding hydrogens is 135 g/mol. The highest BCUT2D eigenvalue weighted by molar-refractivity contribution is 6.24. The summed E-state index contributed by atoms with van der Waals surface area (Å²) >= 11 is 0. The molecule has 0 aliphatic rings. The van der Waals surface area contributed by atoms with Crippen molar-refractivity contribution in [3.63, 3.8) is 0 Å². The zero-order valence-corrected chi connectivity index (χ0v) is 5.52. The van der Waals surface area contributed by atoms with Crippen LogP contribution in [0.4, 0.5) is 0 Å². The fourth-order valence-electron chi connectivity index (χ4n) is 0.353. The Kier molecular flexibility index (Phi) is 46.2. The standard InChI is InChI=1S/C4H13BN2.4CH4/c1-4(6)7(3)5-2;;;;/h5-6H2,1-3H3;4*1H4/b7-4+;;;;. The Hall–Kier alpha value is -0.465. The Morgan fingerprint density at radius 1 is 1.18 bits per heavy atom. The van der Waals surface area contributed by atoms with Gasteiger partial charge in [-0.3, -0.25) is 5.73 Å². The molecule has 11 heavy (non-hydrogen) atoms. The SMILES string of the molecule is C.C.C.C.C[BH2-]/[N+](C)=C(\C)N. The summed E-state index contributed by atoms with van der Waals surface area (Å²) in [4.78, 5) is 0. The van der Waals surface area contributed by atoms with Crippen LogP contribution in [-0.2, 0) is 0 Å². The lowest BCUT2D eigenvalue weighted by Crippen LogP contribution is -2.23. The van der Waals surface area contributed by atoms with Crippen molar-refractivity contribution < 1.29 is 4.49 Å². The summed E-state index contributed by atoms with van der Waals surface area (Å²) in [5, 5.41) is 0. The van der Waals surface area contributed by atoms with E-state index in [4.69, 9.17) is 5.73 Å². The van der Waals surface area contributed by atoms with Crippen LogP contribution in [0, 0.1) is 0 Å². The number of rotatable bonds is 1. The Morgan fingerprint density at radius 2 is 1.45 bits per heavy atom. The molecule has 0 radical (unpaired) electrons. The zero-order chi connectivity index (χ0) is 5.86. The van der Waals surface area contributed by atoms with Crippen molar-refractivity contribution in [3.8, 4) is 0 Å². The minimum absolute atomic E-state index is 0. The van der Waals surface area contributed by atoms with Crippen LogP contribution in [0.1, 0.15) is 36.6 Å². The van der Waals surface area contributed by atoms with Gasteiger partial charge >= 0.3 is 0 Å². The van der Waals surface area contributed by atoms with Crippen LogP contribution in [0.15, 0.2) is 0 Å². The van der Waals surface area contributed by atoms with Crippen LogP contribution < -0.4 is 5.73 Å². The first-order valence-electron chi connectivity index (χ1n) is 2.91. The summed E-state index contributed by atoms with van der Waals surface area (Å²) in [6, 6.07) is 0. The molecule has 0 fully saturated rings. The van der Waals surface area contributed by atoms with Gasteiger partial charge in [0.15, 0.2) is 13.3 Å². The summed E-state index contributed by atoms with van der Waals surface area (Å²) in [5.41, 5.74) is 5.42. The molecule has 0 rings (SSSR count). The van der Waals surface area contributed by atoms with E-state index >= 15 is 0 Å². The Labute approximate surface area is 74.8 Å². The largest absolute Gasteiger partial charge is 0.470 e. The molecule has 0 amide bonds. The molecule has 0 aliphatic carbocycles. The molecule has 2 N–H and O–H groups in total. The molecule has 0 unspecified atom stereocenters. The van der Waals surface area contributed by atoms with Gasteiger partial charge in [0.1, 0.15) is 0 Å². The van der Waals surface area contributed by atoms with Crippen molar-refractivity contribution in [2.75, 3.05) is 7.05 Å². The summed E-state index contributed by atoms with van der Waals surface area (Å²) < 4.78 is 2.11. The van der Waals surface area contributed by atoms with E-state index in [1.165, 1.54) is 0 Å². The highest BCUT2D eigenvalue weighted by Crippen LogP contribution is 1.61. The predicted octanol–water partition coefficient (Wildman–Crippen LogP) is 1.68. The van der Waals surface area contributed by atoms with Crippen LogP contribution in [0.3, 0.4) is 0 Å². The Bertz CT molecular complexity index is 86.1. The fraction of sp³-hybridized carbons (Fsp3) is 0.875. The molecule has 0 aromatic heterocycles. The molecule has 0 saturated carbocycles. The van der Waals surface area contributed by atoms with Gasteiger partial charge in [0, 0.05) is 14.0 Å². The topological polar surface area (TPSA) is 29.0 Å². The van der Waals surface area contributed by atoms with Crippen LogP contribution in [0.2, 0.25) is 6.82 Å². The average molecular weight is 164 g/mol. The summed E-state index contributed by atoms with van der Waals surface area (Å²) in [6.45, 7) is 4.11. The van der Waals surface area contributed by atoms with Gasteiger partial charge < -0.3 is 4.49 Å². The predicted molar refractivity (Wildman–Crippen MR) is 62.4 cm³/mol. The highest BCUT2D eigenvalue weighted by atomic mass is 14.9. The van der Waals surface area contributed by atoms with Crippen LogP contribution in [0.5, 0.6) is 0 Å². The molecule has 0 aliphatic heterocycles. The molecule has 0 aromatic rings. The lowest BCUT2D eigenvalue weighted by Gasteiger charge is -2.01. The Morgan fingerprint density at radius 3 is 1.45 bits per heavy atom. The number of hydrogen-bond acceptors (Lipinski definition) is 0. The van der Waals surface area contributed by atoms with Crippen LogP contribution in [0.25, 0.3) is 0 Å². The maximum atomic E-state index is 5.42. The molecule has 0 spiro atoms. The monoisotopic (exact) mass is 164 g/mol. The zero-order valence-electron chi connectivity index (χ0n) is 5.52. The first-order chi connectivity index (χ1) is 3.18. The van der Waals surface area contributed by atoms with E-state index in [1.807, 2.05) is 14.0 Å². The minimum Gasteiger partial charge on any atom is -0.470 e. The quantitative estimate of drug-likeness (QED) is 0.356. The van der Waals surface area contributed by atoms with E-state index in [-0.39, 0.29) is 37.1 Å². The van der Waals surface area contributed by atoms with E-state index in [9.17, 15) is 0 Å². The molecule has 0 aromatic carbocycles. The molecule has 0 heterocycles. The van der Waals surface area contributed by atoms with Crippen LogP contribution >= 0.6 is 0 Å². The van der Waals surface area contributed by atoms with E-state index in [0.717, 1.165) is 5.84 Å². The summed E-state index contributed by atoms with van der Waals surface area (Å²) in [6.07, 6.45) is 0. The molecule has 0 atom stereocenters. The lowest BCUT2D eigenvalue weighted by atomic mass is 10.00. The van der Waals surface area contributed by atoms with Gasteiger partial charge in [0.2, 0.25) is 0 Å². The van der Waals surface area contributed by atoms with Gasteiger partial charge in [-0.05, 0) is 0 Å². The highest BCUT2D eigenvalue weighted by Gasteiger charge is 1.82. The number of nitrogens with two attached hydrogens (primary N) is 1. The maximum absolute atomic E-state index is 5.42. The third kappa shape index (κ3) is 17.7. The minimum atomic E-state index is 0. The summed E-state index contributed by atoms with van der Waals surface area (Å²) in [7, 11) is 2.09. The number of nitrogens with zero attached hydrogens (tertiary/aromatic N) is 1. The molecule has 0 bridgehead atoms. The molecule has 0 saturated heterocycles. The van der Waals surface area contributed by atoms with E-state index < -0.39 is 0 Å². The Balaban J connectivity index is -0.0000000300. The second kappa shape index (κ2) is 16.3. The van der Waals surface area contributed by atoms with Gasteiger partial charge in [0.25, 0.3) is 0 Å². The second-order valence-corrected chi connectivity index (χ2v) is 1.98. The third-order valence-corrected chi connectivity index (χ3v) is 1.38. The molecule has 2 nitrogen and oxygen atoms in total. The number of hydrogen-bond donors (Lipinski definition) is 1. The fourth-order valence-corrected chi connectivity index (χ4v) is 0.353. The van der Waals surface area contributed by atoms with Gasteiger partial charge in [0.05, 0.1) is 0 Å². The first-order valence-corrected chi connectivity index (χ1v) is 2.91. The second-order valence-electron chi connectivity index (χ2n) is 1.98. The average Bonchev–Trinajstić information content (AvgIpc) is 1.65. The van der Waals surface area contributed by atoms with Gasteiger partial charge in [-0.2, -0.15) is 6.82 Å². The normalized spacial score (nSPS) is 8.64. The van der Waals surface area contributed by atoms with Gasteiger partial charge in [-0.15, -0.1) is 0 Å². The van der Waals surface area contributed by atoms with Crippen molar-refractivity contribution in [3.05, 3.63) is 0 Å². The lowest BCUT2D eigenvalue weighted by molar-refractivity contribution is -0.344. The van der Waals surface area contributed by atoms with Crippen molar-refractivity contribution in [1.82, 2.24) is 0 Å². The van der Waals surface area contributed by atoms with Gasteiger partial charge in [-0.25, -0.2) is 0 Å². The smallest absolute Gasteiger partial charge is 0.191 e. The summed E-state index contributed by atoms with van der Waals surface area (Å²) in [5.74, 6) is 0.933. The maximum Gasteiger partial charge on any atom is 0.191 e. The van der Waals surface area contributed by atoms with Crippen molar-refractivity contribution >= 4 is 13.3 Å². The van der Waals surface area contributed by atoms with Gasteiger partial charge in [-0.1, -0.05) is 29.7 Å². The number of amidine groups is 1. The van der Waals surface area contributed by atoms with E-state index in [0.29, 0.717) is 0 Å². The molecule has 74 valence electrons. The van der Waals surface area contributed by atoms with Crippen molar-refractivity contribution in [2.24, 2.45) is 5.73 Å². The van der Waals surface area contributed by atoms with Crippen molar-refractivity contribution in [1.29, 1.82) is 0 Å². The van der Waals surface area contributed by atoms with Crippen LogP contribution in [-0.4, -0.2) is 24.8 Å².